The fraction of sp³-hybridized carbons (Fsp3) is 0.389. The van der Waals surface area contributed by atoms with E-state index in [2.05, 4.69) is 5.32 Å². The van der Waals surface area contributed by atoms with Crippen molar-refractivity contribution in [3.63, 3.8) is 0 Å². The van der Waals surface area contributed by atoms with Crippen LogP contribution in [0.25, 0.3) is 0 Å². The molecule has 0 unspecified atom stereocenters. The molecule has 134 valence electrons. The first-order valence-corrected chi connectivity index (χ1v) is 9.14. The standard InChI is InChI=1S/C18H22N2O4S/c1-2-20(16-11-23-12-17(16)21)18(22)19-13-5-7-14(8-6-13)24-10-15-4-3-9-25-15/h3-9,16-17,21H,2,10-12H2,1H3,(H,19,22)/t16-,17-/m0/s1. The molecule has 0 aliphatic carbocycles. The molecule has 7 heteroatoms. The van der Waals surface area contributed by atoms with Gasteiger partial charge in [-0.1, -0.05) is 6.07 Å². The van der Waals surface area contributed by atoms with Crippen molar-refractivity contribution in [2.24, 2.45) is 0 Å². The van der Waals surface area contributed by atoms with E-state index in [0.29, 0.717) is 25.4 Å². The predicted molar refractivity (Wildman–Crippen MR) is 97.1 cm³/mol. The second-order valence-electron chi connectivity index (χ2n) is 5.78. The Hall–Kier alpha value is -2.09. The number of aliphatic hydroxyl groups is 1. The van der Waals surface area contributed by atoms with Crippen LogP contribution >= 0.6 is 11.3 Å². The Morgan fingerprint density at radius 3 is 2.76 bits per heavy atom. The van der Waals surface area contributed by atoms with Gasteiger partial charge in [0.15, 0.2) is 0 Å². The summed E-state index contributed by atoms with van der Waals surface area (Å²) in [4.78, 5) is 15.2. The monoisotopic (exact) mass is 362 g/mol. The number of hydrogen-bond donors (Lipinski definition) is 2. The Bertz CT molecular complexity index is 675. The normalized spacial score (nSPS) is 19.6. The minimum atomic E-state index is -0.640. The number of ether oxygens (including phenoxy) is 2. The second kappa shape index (κ2) is 8.33. The summed E-state index contributed by atoms with van der Waals surface area (Å²) in [6.45, 7) is 3.54. The Labute approximate surface area is 151 Å². The summed E-state index contributed by atoms with van der Waals surface area (Å²) in [7, 11) is 0. The topological polar surface area (TPSA) is 71.0 Å². The number of urea groups is 1. The van der Waals surface area contributed by atoms with E-state index in [1.807, 2.05) is 36.6 Å². The molecule has 2 atom stereocenters. The molecule has 2 heterocycles. The van der Waals surface area contributed by atoms with Gasteiger partial charge in [-0.05, 0) is 42.6 Å². The number of thiophene rings is 1. The van der Waals surface area contributed by atoms with Gasteiger partial charge in [0.1, 0.15) is 12.4 Å². The summed E-state index contributed by atoms with van der Waals surface area (Å²) >= 11 is 1.65. The summed E-state index contributed by atoms with van der Waals surface area (Å²) in [6, 6.07) is 10.7. The summed E-state index contributed by atoms with van der Waals surface area (Å²) < 4.78 is 11.0. The fourth-order valence-electron chi connectivity index (χ4n) is 2.74. The Kier molecular flexibility index (Phi) is 5.91. The molecule has 1 aromatic carbocycles. The van der Waals surface area contributed by atoms with E-state index in [4.69, 9.17) is 9.47 Å². The van der Waals surface area contributed by atoms with Crippen molar-refractivity contribution in [1.82, 2.24) is 4.90 Å². The van der Waals surface area contributed by atoms with Crippen molar-refractivity contribution in [3.05, 3.63) is 46.7 Å². The zero-order valence-electron chi connectivity index (χ0n) is 14.1. The number of likely N-dealkylation sites (N-methyl/N-ethyl adjacent to an activating group) is 1. The molecule has 6 nitrogen and oxygen atoms in total. The zero-order valence-corrected chi connectivity index (χ0v) is 14.9. The Morgan fingerprint density at radius 1 is 1.36 bits per heavy atom. The Balaban J connectivity index is 1.55. The van der Waals surface area contributed by atoms with Crippen molar-refractivity contribution in [1.29, 1.82) is 0 Å². The van der Waals surface area contributed by atoms with Crippen LogP contribution in [0.4, 0.5) is 10.5 Å². The van der Waals surface area contributed by atoms with Crippen LogP contribution in [0.5, 0.6) is 5.75 Å². The highest BCUT2D eigenvalue weighted by Gasteiger charge is 2.33. The van der Waals surface area contributed by atoms with Crippen LogP contribution in [-0.4, -0.2) is 47.9 Å². The third-order valence-electron chi connectivity index (χ3n) is 4.09. The lowest BCUT2D eigenvalue weighted by molar-refractivity contribution is 0.1000. The van der Waals surface area contributed by atoms with Crippen LogP contribution in [0.2, 0.25) is 0 Å². The minimum Gasteiger partial charge on any atom is -0.488 e. The molecule has 1 aromatic heterocycles. The number of nitrogens with zero attached hydrogens (tertiary/aromatic N) is 1. The van der Waals surface area contributed by atoms with Crippen LogP contribution in [-0.2, 0) is 11.3 Å². The maximum absolute atomic E-state index is 12.5. The van der Waals surface area contributed by atoms with E-state index in [1.54, 1.807) is 28.4 Å². The molecule has 0 radical (unpaired) electrons. The fourth-order valence-corrected chi connectivity index (χ4v) is 3.35. The minimum absolute atomic E-state index is 0.246. The lowest BCUT2D eigenvalue weighted by Crippen LogP contribution is -2.48. The average molecular weight is 362 g/mol. The zero-order chi connectivity index (χ0) is 17.6. The smallest absolute Gasteiger partial charge is 0.322 e. The van der Waals surface area contributed by atoms with Gasteiger partial charge in [-0.25, -0.2) is 4.79 Å². The first kappa shape index (κ1) is 17.7. The van der Waals surface area contributed by atoms with Crippen LogP contribution in [0.15, 0.2) is 41.8 Å². The number of aliphatic hydroxyl groups excluding tert-OH is 1. The predicted octanol–water partition coefficient (Wildman–Crippen LogP) is 2.94. The van der Waals surface area contributed by atoms with Crippen molar-refractivity contribution >= 4 is 23.1 Å². The molecule has 0 saturated carbocycles. The van der Waals surface area contributed by atoms with E-state index in [-0.39, 0.29) is 18.7 Å². The van der Waals surface area contributed by atoms with E-state index >= 15 is 0 Å². The number of carbonyl (C=O) groups excluding carboxylic acids is 1. The van der Waals surface area contributed by atoms with Crippen LogP contribution in [0, 0.1) is 0 Å². The van der Waals surface area contributed by atoms with Gasteiger partial charge in [-0.15, -0.1) is 11.3 Å². The lowest BCUT2D eigenvalue weighted by atomic mass is 10.2. The van der Waals surface area contributed by atoms with Crippen LogP contribution in [0.3, 0.4) is 0 Å². The van der Waals surface area contributed by atoms with Gasteiger partial charge < -0.3 is 24.8 Å². The van der Waals surface area contributed by atoms with E-state index < -0.39 is 6.10 Å². The summed E-state index contributed by atoms with van der Waals surface area (Å²) in [5.74, 6) is 0.748. The molecular weight excluding hydrogens is 340 g/mol. The molecule has 0 spiro atoms. The number of benzene rings is 1. The highest BCUT2D eigenvalue weighted by atomic mass is 32.1. The molecule has 3 rings (SSSR count). The molecule has 1 saturated heterocycles. The molecule has 25 heavy (non-hydrogen) atoms. The van der Waals surface area contributed by atoms with Crippen LogP contribution < -0.4 is 10.1 Å². The largest absolute Gasteiger partial charge is 0.488 e. The van der Waals surface area contributed by atoms with Crippen molar-refractivity contribution < 1.29 is 19.4 Å². The maximum atomic E-state index is 12.5. The number of rotatable bonds is 6. The van der Waals surface area contributed by atoms with Crippen LogP contribution in [0.1, 0.15) is 11.8 Å². The van der Waals surface area contributed by atoms with E-state index in [9.17, 15) is 9.90 Å². The van der Waals surface area contributed by atoms with Crippen molar-refractivity contribution in [3.8, 4) is 5.75 Å². The van der Waals surface area contributed by atoms with Gasteiger partial charge >= 0.3 is 6.03 Å². The molecule has 2 N–H and O–H groups in total. The first-order valence-electron chi connectivity index (χ1n) is 8.26. The average Bonchev–Trinajstić information content (AvgIpc) is 3.27. The molecule has 2 amide bonds. The van der Waals surface area contributed by atoms with Crippen molar-refractivity contribution in [2.75, 3.05) is 25.1 Å². The summed E-state index contributed by atoms with van der Waals surface area (Å²) in [6.07, 6.45) is -0.640. The van der Waals surface area contributed by atoms with E-state index in [1.165, 1.54) is 0 Å². The SMILES string of the molecule is CCN(C(=O)Nc1ccc(OCc2cccs2)cc1)[C@H]1COC[C@@H]1O. The number of amides is 2. The third-order valence-corrected chi connectivity index (χ3v) is 4.94. The third kappa shape index (κ3) is 4.50. The number of anilines is 1. The highest BCUT2D eigenvalue weighted by molar-refractivity contribution is 7.09. The summed E-state index contributed by atoms with van der Waals surface area (Å²) in [5.41, 5.74) is 0.681. The molecule has 0 bridgehead atoms. The highest BCUT2D eigenvalue weighted by Crippen LogP contribution is 2.20. The van der Waals surface area contributed by atoms with Crippen molar-refractivity contribution in [2.45, 2.75) is 25.7 Å². The van der Waals surface area contributed by atoms with Gasteiger partial charge in [-0.2, -0.15) is 0 Å². The van der Waals surface area contributed by atoms with Gasteiger partial charge in [0.05, 0.1) is 25.4 Å². The summed E-state index contributed by atoms with van der Waals surface area (Å²) in [5, 5.41) is 14.8. The number of carbonyl (C=O) groups is 1. The molecule has 1 fully saturated rings. The molecule has 2 aromatic rings. The maximum Gasteiger partial charge on any atom is 0.322 e. The quantitative estimate of drug-likeness (QED) is 0.829. The molecule has 1 aliphatic heterocycles. The molecular formula is C18H22N2O4S. The first-order chi connectivity index (χ1) is 12.2. The van der Waals surface area contributed by atoms with Gasteiger partial charge in [0.25, 0.3) is 0 Å². The number of nitrogens with one attached hydrogen (secondary N) is 1. The van der Waals surface area contributed by atoms with Gasteiger partial charge in [-0.3, -0.25) is 0 Å². The van der Waals surface area contributed by atoms with E-state index in [0.717, 1.165) is 10.6 Å². The second-order valence-corrected chi connectivity index (χ2v) is 6.81. The number of hydrogen-bond acceptors (Lipinski definition) is 5. The van der Waals surface area contributed by atoms with Gasteiger partial charge in [0.2, 0.25) is 0 Å². The Morgan fingerprint density at radius 2 is 2.16 bits per heavy atom. The van der Waals surface area contributed by atoms with Gasteiger partial charge in [0, 0.05) is 17.1 Å². The lowest BCUT2D eigenvalue weighted by Gasteiger charge is -2.28. The molecule has 1 aliphatic rings.